The van der Waals surface area contributed by atoms with Gasteiger partial charge in [-0.1, -0.05) is 62.4 Å². The number of benzene rings is 3. The molecule has 5 rings (SSSR count). The normalized spacial score (nSPS) is 16.1. The summed E-state index contributed by atoms with van der Waals surface area (Å²) in [5.74, 6) is -0.676. The number of hydrogen-bond donors (Lipinski definition) is 1. The number of carbonyl (C=O) groups excluding carboxylic acids is 1. The molecule has 1 unspecified atom stereocenters. The number of carboxylic acids is 1. The van der Waals surface area contributed by atoms with E-state index >= 15 is 0 Å². The van der Waals surface area contributed by atoms with Gasteiger partial charge >= 0.3 is 5.97 Å². The van der Waals surface area contributed by atoms with Crippen molar-refractivity contribution in [2.75, 3.05) is 13.2 Å². The third-order valence-corrected chi connectivity index (χ3v) is 8.19. The van der Waals surface area contributed by atoms with E-state index in [1.165, 1.54) is 12.1 Å². The van der Waals surface area contributed by atoms with Crippen molar-refractivity contribution in [2.45, 2.75) is 58.0 Å². The van der Waals surface area contributed by atoms with E-state index in [-0.39, 0.29) is 23.7 Å². The first-order chi connectivity index (χ1) is 19.9. The van der Waals surface area contributed by atoms with Crippen LogP contribution in [-0.4, -0.2) is 45.6 Å². The molecule has 1 aliphatic carbocycles. The van der Waals surface area contributed by atoms with Crippen molar-refractivity contribution >= 4 is 22.8 Å². The number of carbonyl (C=O) groups is 2. The molecule has 41 heavy (non-hydrogen) atoms. The minimum absolute atomic E-state index is 0.0610. The largest absolute Gasteiger partial charge is 0.492 e. The smallest absolute Gasteiger partial charge is 0.326 e. The molecule has 214 valence electrons. The first kappa shape index (κ1) is 28.4. The van der Waals surface area contributed by atoms with Crippen molar-refractivity contribution in [1.82, 2.24) is 9.47 Å². The van der Waals surface area contributed by atoms with Crippen LogP contribution in [0, 0.1) is 11.7 Å². The van der Waals surface area contributed by atoms with Crippen LogP contribution in [0.2, 0.25) is 0 Å². The van der Waals surface area contributed by atoms with E-state index in [1.54, 1.807) is 6.07 Å². The van der Waals surface area contributed by atoms with Crippen LogP contribution in [0.1, 0.15) is 49.6 Å². The predicted octanol–water partition coefficient (Wildman–Crippen LogP) is 6.46. The molecule has 3 aromatic carbocycles. The molecule has 0 aliphatic heterocycles. The van der Waals surface area contributed by atoms with Gasteiger partial charge in [-0.3, -0.25) is 4.79 Å². The van der Waals surface area contributed by atoms with Crippen LogP contribution in [-0.2, 0) is 28.9 Å². The number of rotatable bonds is 11. The van der Waals surface area contributed by atoms with Crippen molar-refractivity contribution in [2.24, 2.45) is 5.92 Å². The Bertz CT molecular complexity index is 1500. The molecule has 1 heterocycles. The molecule has 0 radical (unpaired) electrons. The monoisotopic (exact) mass is 556 g/mol. The van der Waals surface area contributed by atoms with Crippen LogP contribution in [0.25, 0.3) is 10.9 Å². The van der Waals surface area contributed by atoms with E-state index < -0.39 is 12.0 Å². The summed E-state index contributed by atoms with van der Waals surface area (Å²) >= 11 is 0. The Kier molecular flexibility index (Phi) is 8.72. The highest BCUT2D eigenvalue weighted by Gasteiger charge is 2.35. The number of aliphatic carboxylic acids is 1. The number of ether oxygens (including phenoxy) is 1. The molecule has 1 amide bonds. The molecule has 0 spiro atoms. The summed E-state index contributed by atoms with van der Waals surface area (Å²) in [4.78, 5) is 28.1. The van der Waals surface area contributed by atoms with Crippen LogP contribution in [0.15, 0.2) is 78.9 Å². The average molecular weight is 557 g/mol. The van der Waals surface area contributed by atoms with Gasteiger partial charge < -0.3 is 19.3 Å². The van der Waals surface area contributed by atoms with Gasteiger partial charge in [0.25, 0.3) is 0 Å². The number of hydrogen-bond acceptors (Lipinski definition) is 3. The Labute approximate surface area is 240 Å². The van der Waals surface area contributed by atoms with Gasteiger partial charge in [-0.25, -0.2) is 9.18 Å². The Morgan fingerprint density at radius 2 is 1.78 bits per heavy atom. The van der Waals surface area contributed by atoms with E-state index in [0.29, 0.717) is 45.3 Å². The molecule has 7 heteroatoms. The van der Waals surface area contributed by atoms with Gasteiger partial charge in [-0.05, 0) is 73.6 Å². The van der Waals surface area contributed by atoms with Gasteiger partial charge in [-0.15, -0.1) is 0 Å². The third kappa shape index (κ3) is 6.14. The van der Waals surface area contributed by atoms with Crippen LogP contribution in [0.3, 0.4) is 0 Å². The van der Waals surface area contributed by atoms with Crippen molar-refractivity contribution < 1.29 is 23.8 Å². The summed E-state index contributed by atoms with van der Waals surface area (Å²) < 4.78 is 22.4. The zero-order valence-corrected chi connectivity index (χ0v) is 23.6. The fraction of sp³-hybridized carbons (Fsp3) is 0.353. The number of carboxylic acid groups (broad SMARTS) is 1. The average Bonchev–Trinajstić information content (AvgIpc) is 3.29. The van der Waals surface area contributed by atoms with E-state index in [2.05, 4.69) is 0 Å². The highest BCUT2D eigenvalue weighted by molar-refractivity contribution is 5.88. The Morgan fingerprint density at radius 3 is 2.46 bits per heavy atom. The number of aromatic nitrogens is 1. The Morgan fingerprint density at radius 1 is 1.07 bits per heavy atom. The minimum atomic E-state index is -0.900. The second-order valence-electron chi connectivity index (χ2n) is 10.9. The Hall–Kier alpha value is -4.13. The van der Waals surface area contributed by atoms with E-state index in [1.807, 2.05) is 84.0 Å². The molecule has 0 saturated heterocycles. The predicted molar refractivity (Wildman–Crippen MR) is 158 cm³/mol. The summed E-state index contributed by atoms with van der Waals surface area (Å²) in [6, 6.07) is 23.3. The summed E-state index contributed by atoms with van der Waals surface area (Å²) in [5.41, 5.74) is 3.71. The Balaban J connectivity index is 1.45. The van der Waals surface area contributed by atoms with Gasteiger partial charge in [0, 0.05) is 28.6 Å². The molecule has 1 aliphatic rings. The van der Waals surface area contributed by atoms with Gasteiger partial charge in [0.1, 0.15) is 24.2 Å². The first-order valence-corrected chi connectivity index (χ1v) is 14.4. The first-order valence-electron chi connectivity index (χ1n) is 14.4. The number of para-hydroxylation sites is 1. The quantitative estimate of drug-likeness (QED) is 0.230. The lowest BCUT2D eigenvalue weighted by Crippen LogP contribution is -2.48. The molecule has 1 aromatic heterocycles. The second-order valence-corrected chi connectivity index (χ2v) is 10.9. The van der Waals surface area contributed by atoms with Gasteiger partial charge in [0.15, 0.2) is 0 Å². The van der Waals surface area contributed by atoms with Crippen LogP contribution < -0.4 is 4.74 Å². The van der Waals surface area contributed by atoms with Gasteiger partial charge in [-0.2, -0.15) is 0 Å². The molecule has 0 saturated carbocycles. The number of nitrogens with zero attached hydrogens (tertiary/aromatic N) is 2. The summed E-state index contributed by atoms with van der Waals surface area (Å²) in [7, 11) is 0. The molecular weight excluding hydrogens is 519 g/mol. The van der Waals surface area contributed by atoms with Gasteiger partial charge in [0.05, 0.1) is 6.54 Å². The maximum Gasteiger partial charge on any atom is 0.326 e. The van der Waals surface area contributed by atoms with Crippen molar-refractivity contribution in [3.8, 4) is 5.75 Å². The van der Waals surface area contributed by atoms with Gasteiger partial charge in [0.2, 0.25) is 5.91 Å². The topological polar surface area (TPSA) is 71.8 Å². The van der Waals surface area contributed by atoms with E-state index in [4.69, 9.17) is 4.74 Å². The molecule has 3 atom stereocenters. The standard InChI is InChI=1S/C34H37FN2O4/c1-3-30(34(39)40)37-31-16-14-25(35)21-28(31)29-22-26(15-17-32(29)37)36(18-19-41-27-12-8-5-9-13-27)33(38)23(2)20-24-10-6-4-7-11-24/h4-14,16,21,23,26,30H,3,15,17-20,22H2,1-2H3,(H,39,40)/t23-,26-,30?/m0/s1. The molecule has 4 aromatic rings. The lowest BCUT2D eigenvalue weighted by molar-refractivity contribution is -0.141. The molecule has 0 fully saturated rings. The molecule has 6 nitrogen and oxygen atoms in total. The highest BCUT2D eigenvalue weighted by atomic mass is 19.1. The zero-order chi connectivity index (χ0) is 28.9. The highest BCUT2D eigenvalue weighted by Crippen LogP contribution is 2.37. The number of fused-ring (bicyclic) bond motifs is 3. The fourth-order valence-corrected chi connectivity index (χ4v) is 6.23. The van der Waals surface area contributed by atoms with Crippen LogP contribution in [0.4, 0.5) is 4.39 Å². The summed E-state index contributed by atoms with van der Waals surface area (Å²) in [5, 5.41) is 10.7. The van der Waals surface area contributed by atoms with E-state index in [9.17, 15) is 19.1 Å². The third-order valence-electron chi connectivity index (χ3n) is 8.19. The molecule has 1 N–H and O–H groups in total. The zero-order valence-electron chi connectivity index (χ0n) is 23.6. The molecular formula is C34H37FN2O4. The summed E-state index contributed by atoms with van der Waals surface area (Å²) in [6.45, 7) is 4.60. The lowest BCUT2D eigenvalue weighted by Gasteiger charge is -2.37. The summed E-state index contributed by atoms with van der Waals surface area (Å²) in [6.07, 6.45) is 2.89. The number of halogens is 1. The van der Waals surface area contributed by atoms with Crippen molar-refractivity contribution in [3.63, 3.8) is 0 Å². The van der Waals surface area contributed by atoms with E-state index in [0.717, 1.165) is 33.5 Å². The lowest BCUT2D eigenvalue weighted by atomic mass is 9.89. The maximum atomic E-state index is 14.5. The fourth-order valence-electron chi connectivity index (χ4n) is 6.23. The maximum absolute atomic E-state index is 14.5. The van der Waals surface area contributed by atoms with Crippen molar-refractivity contribution in [3.05, 3.63) is 102 Å². The molecule has 0 bridgehead atoms. The minimum Gasteiger partial charge on any atom is -0.492 e. The number of amides is 1. The SMILES string of the molecule is CCC(C(=O)O)n1c2c(c3cc(F)ccc31)C[C@@H](N(CCOc1ccccc1)C(=O)[C@@H](C)Cc1ccccc1)CC2. The second kappa shape index (κ2) is 12.6. The van der Waals surface area contributed by atoms with Crippen molar-refractivity contribution in [1.29, 1.82) is 0 Å². The van der Waals surface area contributed by atoms with Crippen LogP contribution >= 0.6 is 0 Å². The van der Waals surface area contributed by atoms with Crippen LogP contribution in [0.5, 0.6) is 5.75 Å².